The van der Waals surface area contributed by atoms with Crippen LogP contribution >= 0.6 is 0 Å². The van der Waals surface area contributed by atoms with Crippen LogP contribution in [0.2, 0.25) is 0 Å². The summed E-state index contributed by atoms with van der Waals surface area (Å²) in [6.07, 6.45) is 0.573. The van der Waals surface area contributed by atoms with Crippen molar-refractivity contribution >= 4 is 23.7 Å². The first-order valence-corrected chi connectivity index (χ1v) is 11.1. The van der Waals surface area contributed by atoms with Crippen molar-refractivity contribution in [2.24, 2.45) is 5.92 Å². The highest BCUT2D eigenvalue weighted by Gasteiger charge is 2.31. The van der Waals surface area contributed by atoms with Gasteiger partial charge in [0.05, 0.1) is 11.3 Å². The number of ketones is 1. The molecule has 0 aliphatic rings. The van der Waals surface area contributed by atoms with E-state index in [1.54, 1.807) is 67.1 Å². The Labute approximate surface area is 206 Å². The number of rotatable bonds is 9. The molecule has 3 rings (SSSR count). The van der Waals surface area contributed by atoms with Crippen molar-refractivity contribution in [2.75, 3.05) is 0 Å². The van der Waals surface area contributed by atoms with Crippen LogP contribution in [-0.2, 0) is 17.5 Å². The minimum Gasteiger partial charge on any atom is -0.480 e. The summed E-state index contributed by atoms with van der Waals surface area (Å²) in [5.74, 6) is -2.44. The van der Waals surface area contributed by atoms with Gasteiger partial charge in [-0.1, -0.05) is 50.3 Å². The fraction of sp³-hybridized carbons (Fsp3) is 0.222. The fourth-order valence-corrected chi connectivity index (χ4v) is 3.59. The lowest BCUT2D eigenvalue weighted by atomic mass is 10.0. The highest BCUT2D eigenvalue weighted by Crippen LogP contribution is 2.30. The Kier molecular flexibility index (Phi) is 8.14. The maximum Gasteiger partial charge on any atom is 0.416 e. The lowest BCUT2D eigenvalue weighted by Gasteiger charge is -2.18. The number of amides is 1. The number of nitrogens with zero attached hydrogens (tertiary/aromatic N) is 1. The van der Waals surface area contributed by atoms with Crippen LogP contribution in [-0.4, -0.2) is 33.4 Å². The SMILES string of the molecule is CC(C)[C@H](NC(=O)c1cccc(/C=C/Cn2cccc2C(=O)c2cccc(C(F)(F)F)c2)c1)C(=O)O. The van der Waals surface area contributed by atoms with Gasteiger partial charge >= 0.3 is 12.1 Å². The van der Waals surface area contributed by atoms with Crippen molar-refractivity contribution in [1.29, 1.82) is 0 Å². The Bertz CT molecular complexity index is 1290. The molecule has 0 saturated heterocycles. The number of allylic oxidation sites excluding steroid dienone is 1. The molecule has 2 N–H and O–H groups in total. The van der Waals surface area contributed by atoms with Crippen LogP contribution in [0.1, 0.15) is 51.4 Å². The van der Waals surface area contributed by atoms with Gasteiger partial charge in [0.1, 0.15) is 6.04 Å². The molecule has 0 aliphatic carbocycles. The number of nitrogens with one attached hydrogen (secondary N) is 1. The number of carbonyl (C=O) groups excluding carboxylic acids is 2. The van der Waals surface area contributed by atoms with Gasteiger partial charge in [-0.05, 0) is 47.9 Å². The molecule has 0 radical (unpaired) electrons. The van der Waals surface area contributed by atoms with Gasteiger partial charge in [0.2, 0.25) is 5.78 Å². The molecule has 1 heterocycles. The van der Waals surface area contributed by atoms with Crippen molar-refractivity contribution in [2.45, 2.75) is 32.6 Å². The van der Waals surface area contributed by atoms with E-state index in [0.29, 0.717) is 11.1 Å². The van der Waals surface area contributed by atoms with Gasteiger partial charge < -0.3 is 15.0 Å². The van der Waals surface area contributed by atoms with E-state index in [0.717, 1.165) is 12.1 Å². The molecule has 0 aliphatic heterocycles. The Morgan fingerprint density at radius 1 is 1.00 bits per heavy atom. The summed E-state index contributed by atoms with van der Waals surface area (Å²) in [7, 11) is 0. The molecule has 188 valence electrons. The third kappa shape index (κ3) is 6.50. The molecule has 3 aromatic rings. The zero-order valence-corrected chi connectivity index (χ0v) is 19.6. The molecule has 1 aromatic heterocycles. The number of carboxylic acid groups (broad SMARTS) is 1. The number of aromatic nitrogens is 1. The molecular formula is C27H25F3N2O4. The second-order valence-electron chi connectivity index (χ2n) is 8.51. The van der Waals surface area contributed by atoms with E-state index >= 15 is 0 Å². The van der Waals surface area contributed by atoms with Crippen molar-refractivity contribution < 1.29 is 32.7 Å². The molecule has 0 unspecified atom stereocenters. The smallest absolute Gasteiger partial charge is 0.416 e. The quantitative estimate of drug-likeness (QED) is 0.393. The maximum atomic E-state index is 13.0. The number of alkyl halides is 3. The number of benzene rings is 2. The predicted molar refractivity (Wildman–Crippen MR) is 129 cm³/mol. The summed E-state index contributed by atoms with van der Waals surface area (Å²) in [5, 5.41) is 11.8. The molecule has 1 atom stereocenters. The molecule has 36 heavy (non-hydrogen) atoms. The van der Waals surface area contributed by atoms with Crippen LogP contribution in [0.5, 0.6) is 0 Å². The Morgan fingerprint density at radius 2 is 1.69 bits per heavy atom. The van der Waals surface area contributed by atoms with Crippen molar-refractivity contribution in [1.82, 2.24) is 9.88 Å². The Morgan fingerprint density at radius 3 is 2.36 bits per heavy atom. The first kappa shape index (κ1) is 26.5. The average molecular weight is 499 g/mol. The molecule has 1 amide bonds. The summed E-state index contributed by atoms with van der Waals surface area (Å²) in [6.45, 7) is 3.66. The third-order valence-electron chi connectivity index (χ3n) is 5.49. The van der Waals surface area contributed by atoms with Crippen LogP contribution in [0.3, 0.4) is 0 Å². The molecule has 9 heteroatoms. The third-order valence-corrected chi connectivity index (χ3v) is 5.49. The fourth-order valence-electron chi connectivity index (χ4n) is 3.59. The molecule has 2 aromatic carbocycles. The predicted octanol–water partition coefficient (Wildman–Crippen LogP) is 5.29. The van der Waals surface area contributed by atoms with Gasteiger partial charge in [0, 0.05) is 23.9 Å². The number of carbonyl (C=O) groups is 3. The topological polar surface area (TPSA) is 88.4 Å². The molecule has 0 bridgehead atoms. The summed E-state index contributed by atoms with van der Waals surface area (Å²) >= 11 is 0. The normalized spacial score (nSPS) is 12.6. The van der Waals surface area contributed by atoms with E-state index in [2.05, 4.69) is 5.32 Å². The Hall–Kier alpha value is -4.14. The van der Waals surface area contributed by atoms with E-state index in [-0.39, 0.29) is 23.7 Å². The van der Waals surface area contributed by atoms with E-state index in [9.17, 15) is 32.7 Å². The minimum atomic E-state index is -4.55. The van der Waals surface area contributed by atoms with Gasteiger partial charge in [-0.3, -0.25) is 9.59 Å². The van der Waals surface area contributed by atoms with Crippen LogP contribution in [0, 0.1) is 5.92 Å². The highest BCUT2D eigenvalue weighted by molar-refractivity contribution is 6.08. The lowest BCUT2D eigenvalue weighted by molar-refractivity contribution is -0.140. The maximum absolute atomic E-state index is 13.0. The largest absolute Gasteiger partial charge is 0.480 e. The van der Waals surface area contributed by atoms with E-state index < -0.39 is 35.4 Å². The van der Waals surface area contributed by atoms with Crippen LogP contribution < -0.4 is 5.32 Å². The lowest BCUT2D eigenvalue weighted by Crippen LogP contribution is -2.44. The molecule has 0 saturated carbocycles. The first-order valence-electron chi connectivity index (χ1n) is 11.1. The van der Waals surface area contributed by atoms with E-state index in [1.165, 1.54) is 18.2 Å². The van der Waals surface area contributed by atoms with Gasteiger partial charge in [-0.2, -0.15) is 13.2 Å². The van der Waals surface area contributed by atoms with Gasteiger partial charge in [0.25, 0.3) is 5.91 Å². The van der Waals surface area contributed by atoms with Crippen LogP contribution in [0.15, 0.2) is 72.9 Å². The average Bonchev–Trinajstić information content (AvgIpc) is 3.29. The van der Waals surface area contributed by atoms with Gasteiger partial charge in [-0.25, -0.2) is 4.79 Å². The van der Waals surface area contributed by atoms with E-state index in [1.807, 2.05) is 0 Å². The number of aliphatic carboxylic acids is 1. The number of halogens is 3. The minimum absolute atomic E-state index is 0.0615. The van der Waals surface area contributed by atoms with Crippen LogP contribution in [0.25, 0.3) is 6.08 Å². The second kappa shape index (κ2) is 11.1. The highest BCUT2D eigenvalue weighted by atomic mass is 19.4. The van der Waals surface area contributed by atoms with Crippen LogP contribution in [0.4, 0.5) is 13.2 Å². The number of carboxylic acids is 1. The molecule has 6 nitrogen and oxygen atoms in total. The number of hydrogen-bond donors (Lipinski definition) is 2. The van der Waals surface area contributed by atoms with Crippen molar-refractivity contribution in [3.63, 3.8) is 0 Å². The van der Waals surface area contributed by atoms with Crippen molar-refractivity contribution in [3.05, 3.63) is 101 Å². The van der Waals surface area contributed by atoms with Gasteiger partial charge in [-0.15, -0.1) is 0 Å². The standard InChI is InChI=1S/C27H25F3N2O4/c1-17(2)23(26(35)36)31-25(34)20-10-3-7-18(15-20)8-5-13-32-14-6-12-22(32)24(33)19-9-4-11-21(16-19)27(28,29)30/h3-12,14-17,23H,13H2,1-2H3,(H,31,34)(H,35,36)/b8-5+/t23-/m0/s1. The molecular weight excluding hydrogens is 473 g/mol. The van der Waals surface area contributed by atoms with Crippen molar-refractivity contribution in [3.8, 4) is 0 Å². The van der Waals surface area contributed by atoms with Gasteiger partial charge in [0.15, 0.2) is 0 Å². The molecule has 0 fully saturated rings. The summed E-state index contributed by atoms with van der Waals surface area (Å²) in [4.78, 5) is 36.7. The zero-order chi connectivity index (χ0) is 26.5. The zero-order valence-electron chi connectivity index (χ0n) is 19.6. The summed E-state index contributed by atoms with van der Waals surface area (Å²) in [5.41, 5.74) is 0.259. The van der Waals surface area contributed by atoms with E-state index in [4.69, 9.17) is 0 Å². The second-order valence-corrected chi connectivity index (χ2v) is 8.51. The Balaban J connectivity index is 1.72. The first-order chi connectivity index (χ1) is 17.0. The summed E-state index contributed by atoms with van der Waals surface area (Å²) < 4.78 is 40.7. The number of hydrogen-bond acceptors (Lipinski definition) is 3. The monoisotopic (exact) mass is 498 g/mol. The molecule has 0 spiro atoms. The summed E-state index contributed by atoms with van der Waals surface area (Å²) in [6, 6.07) is 13.0.